The molecule has 1 saturated heterocycles. The number of ether oxygens (including phenoxy) is 1. The van der Waals surface area contributed by atoms with Gasteiger partial charge >= 0.3 is 0 Å². The maximum absolute atomic E-state index is 12.8. The molecule has 0 saturated carbocycles. The van der Waals surface area contributed by atoms with Gasteiger partial charge in [0, 0.05) is 47.8 Å². The Morgan fingerprint density at radius 3 is 2.80 bits per heavy atom. The number of fused-ring (bicyclic) bond motifs is 1. The number of amides is 1. The number of thioether (sulfide) groups is 1. The molecule has 0 radical (unpaired) electrons. The first-order valence-corrected chi connectivity index (χ1v) is 12.5. The van der Waals surface area contributed by atoms with Gasteiger partial charge in [-0.25, -0.2) is 0 Å². The van der Waals surface area contributed by atoms with Crippen LogP contribution in [-0.2, 0) is 6.61 Å². The van der Waals surface area contributed by atoms with E-state index in [4.69, 9.17) is 4.74 Å². The number of hydrogen-bond donors (Lipinski definition) is 2. The Morgan fingerprint density at radius 1 is 1.23 bits per heavy atom. The van der Waals surface area contributed by atoms with E-state index in [2.05, 4.69) is 51.5 Å². The van der Waals surface area contributed by atoms with Crippen LogP contribution in [-0.4, -0.2) is 47.5 Å². The van der Waals surface area contributed by atoms with E-state index in [1.165, 1.54) is 0 Å². The molecule has 1 fully saturated rings. The van der Waals surface area contributed by atoms with E-state index in [-0.39, 0.29) is 5.91 Å². The number of para-hydroxylation sites is 1. The zero-order valence-electron chi connectivity index (χ0n) is 20.0. The monoisotopic (exact) mass is 487 g/mol. The summed E-state index contributed by atoms with van der Waals surface area (Å²) in [6.45, 7) is 8.82. The zero-order valence-corrected chi connectivity index (χ0v) is 20.8. The van der Waals surface area contributed by atoms with Crippen molar-refractivity contribution in [2.45, 2.75) is 13.5 Å². The summed E-state index contributed by atoms with van der Waals surface area (Å²) >= 11 is 1.59. The molecular formula is C27H29N5O2S. The lowest BCUT2D eigenvalue weighted by atomic mass is 9.97. The van der Waals surface area contributed by atoms with Crippen molar-refractivity contribution in [1.29, 1.82) is 0 Å². The molecule has 5 rings (SSSR count). The van der Waals surface area contributed by atoms with Gasteiger partial charge in [0.1, 0.15) is 17.4 Å². The third-order valence-corrected chi connectivity index (χ3v) is 7.37. The Labute approximate surface area is 209 Å². The lowest BCUT2D eigenvalue weighted by molar-refractivity contribution is 0.0946. The molecule has 3 heterocycles. The van der Waals surface area contributed by atoms with E-state index in [1.54, 1.807) is 11.8 Å². The first-order valence-electron chi connectivity index (χ1n) is 11.7. The third kappa shape index (κ3) is 5.33. The number of rotatable bonds is 7. The molecule has 0 spiro atoms. The lowest BCUT2D eigenvalue weighted by Crippen LogP contribution is -2.34. The highest BCUT2D eigenvalue weighted by Gasteiger charge is 2.36. The number of nitrogens with one attached hydrogen (secondary N) is 2. The second-order valence-corrected chi connectivity index (χ2v) is 10.3. The number of carbonyl (C=O) groups is 1. The summed E-state index contributed by atoms with van der Waals surface area (Å²) in [5, 5.41) is 10.5. The van der Waals surface area contributed by atoms with E-state index in [1.807, 2.05) is 49.4 Å². The molecule has 2 aliphatic heterocycles. The highest BCUT2D eigenvalue weighted by Crippen LogP contribution is 2.32. The summed E-state index contributed by atoms with van der Waals surface area (Å²) in [6, 6.07) is 17.4. The molecule has 2 unspecified atom stereocenters. The number of aryl methyl sites for hydroxylation is 1. The van der Waals surface area contributed by atoms with Gasteiger partial charge in [-0.05, 0) is 56.3 Å². The van der Waals surface area contributed by atoms with Crippen molar-refractivity contribution in [2.75, 3.05) is 26.7 Å². The SMILES string of the molecule is C=C1NN=C(C2CN(C)CC2CNC(=O)c2ccc(OCc3cc(C)nc4ccccc34)cc2)S1. The Bertz CT molecular complexity index is 1290. The van der Waals surface area contributed by atoms with Crippen molar-refractivity contribution in [2.24, 2.45) is 16.9 Å². The largest absolute Gasteiger partial charge is 0.489 e. The summed E-state index contributed by atoms with van der Waals surface area (Å²) in [5.41, 5.74) is 6.59. The molecule has 2 aromatic carbocycles. The van der Waals surface area contributed by atoms with Crippen LogP contribution >= 0.6 is 11.8 Å². The Kier molecular flexibility index (Phi) is 6.74. The minimum absolute atomic E-state index is 0.0795. The number of hydrazone groups is 1. The van der Waals surface area contributed by atoms with Gasteiger partial charge < -0.3 is 15.0 Å². The van der Waals surface area contributed by atoms with Gasteiger partial charge in [0.25, 0.3) is 5.91 Å². The fourth-order valence-corrected chi connectivity index (χ4v) is 5.58. The maximum atomic E-state index is 12.8. The molecule has 180 valence electrons. The van der Waals surface area contributed by atoms with Crippen LogP contribution in [0, 0.1) is 18.8 Å². The van der Waals surface area contributed by atoms with Crippen LogP contribution in [0.3, 0.4) is 0 Å². The van der Waals surface area contributed by atoms with Crippen LogP contribution in [0.5, 0.6) is 5.75 Å². The van der Waals surface area contributed by atoms with Gasteiger partial charge in [0.2, 0.25) is 0 Å². The van der Waals surface area contributed by atoms with Gasteiger partial charge in [-0.3, -0.25) is 15.2 Å². The lowest BCUT2D eigenvalue weighted by Gasteiger charge is -2.18. The van der Waals surface area contributed by atoms with Crippen molar-refractivity contribution in [3.05, 3.63) is 83.0 Å². The van der Waals surface area contributed by atoms with Gasteiger partial charge in [-0.2, -0.15) is 5.10 Å². The van der Waals surface area contributed by atoms with Crippen LogP contribution in [0.25, 0.3) is 10.9 Å². The molecule has 35 heavy (non-hydrogen) atoms. The standard InChI is InChI=1S/C27H29N5O2S/c1-17-12-20(23-6-4-5-7-25(23)29-17)16-34-22-10-8-19(9-11-22)26(33)28-13-21-14-32(3)15-24(21)27-31-30-18(2)35-27/h4-12,21,24,30H,2,13-16H2,1,3H3,(H,28,33). The van der Waals surface area contributed by atoms with E-state index in [0.717, 1.165) is 51.1 Å². The zero-order chi connectivity index (χ0) is 24.4. The molecule has 0 aliphatic carbocycles. The number of aromatic nitrogens is 1. The van der Waals surface area contributed by atoms with Crippen LogP contribution in [0.2, 0.25) is 0 Å². The minimum Gasteiger partial charge on any atom is -0.489 e. The molecule has 8 heteroatoms. The van der Waals surface area contributed by atoms with E-state index >= 15 is 0 Å². The second kappa shape index (κ2) is 10.1. The summed E-state index contributed by atoms with van der Waals surface area (Å²) in [7, 11) is 2.10. The van der Waals surface area contributed by atoms with Gasteiger partial charge in [-0.1, -0.05) is 36.5 Å². The van der Waals surface area contributed by atoms with E-state index < -0.39 is 0 Å². The minimum atomic E-state index is -0.0795. The van der Waals surface area contributed by atoms with Crippen LogP contribution in [0.4, 0.5) is 0 Å². The van der Waals surface area contributed by atoms with E-state index in [9.17, 15) is 4.79 Å². The molecule has 2 aliphatic rings. The molecular weight excluding hydrogens is 458 g/mol. The second-order valence-electron chi connectivity index (χ2n) is 9.14. The van der Waals surface area contributed by atoms with Crippen molar-refractivity contribution in [3.63, 3.8) is 0 Å². The number of likely N-dealkylation sites (tertiary alicyclic amines) is 1. The molecule has 1 aromatic heterocycles. The molecule has 2 N–H and O–H groups in total. The normalized spacial score (nSPS) is 20.1. The van der Waals surface area contributed by atoms with Crippen molar-refractivity contribution < 1.29 is 9.53 Å². The molecule has 1 amide bonds. The predicted octanol–water partition coefficient (Wildman–Crippen LogP) is 4.15. The van der Waals surface area contributed by atoms with Gasteiger partial charge in [-0.15, -0.1) is 0 Å². The fourth-order valence-electron chi connectivity index (χ4n) is 4.73. The molecule has 0 bridgehead atoms. The molecule has 3 aromatic rings. The van der Waals surface area contributed by atoms with Crippen LogP contribution in [0.15, 0.2) is 71.3 Å². The number of benzene rings is 2. The summed E-state index contributed by atoms with van der Waals surface area (Å²) in [4.78, 5) is 19.7. The van der Waals surface area contributed by atoms with Crippen molar-refractivity contribution in [1.82, 2.24) is 20.6 Å². The highest BCUT2D eigenvalue weighted by molar-refractivity contribution is 8.17. The number of hydrogen-bond acceptors (Lipinski definition) is 7. The van der Waals surface area contributed by atoms with Gasteiger partial charge in [0.15, 0.2) is 0 Å². The topological polar surface area (TPSA) is 78.9 Å². The third-order valence-electron chi connectivity index (χ3n) is 6.42. The number of pyridine rings is 1. The van der Waals surface area contributed by atoms with Crippen LogP contribution in [0.1, 0.15) is 21.6 Å². The van der Waals surface area contributed by atoms with E-state index in [0.29, 0.717) is 30.6 Å². The summed E-state index contributed by atoms with van der Waals surface area (Å²) < 4.78 is 6.03. The smallest absolute Gasteiger partial charge is 0.251 e. The highest BCUT2D eigenvalue weighted by atomic mass is 32.2. The molecule has 7 nitrogen and oxygen atoms in total. The average molecular weight is 488 g/mol. The Hall–Kier alpha value is -3.36. The first kappa shape index (κ1) is 23.4. The van der Waals surface area contributed by atoms with Gasteiger partial charge in [0.05, 0.1) is 10.5 Å². The maximum Gasteiger partial charge on any atom is 0.251 e. The van der Waals surface area contributed by atoms with Crippen LogP contribution < -0.4 is 15.5 Å². The Balaban J connectivity index is 1.18. The fraction of sp³-hybridized carbons (Fsp3) is 0.296. The predicted molar refractivity (Wildman–Crippen MR) is 141 cm³/mol. The van der Waals surface area contributed by atoms with Crippen molar-refractivity contribution >= 4 is 33.6 Å². The number of nitrogens with zero attached hydrogens (tertiary/aromatic N) is 3. The average Bonchev–Trinajstić information content (AvgIpc) is 3.46. The van der Waals surface area contributed by atoms with Crippen molar-refractivity contribution in [3.8, 4) is 5.75 Å². The number of carbonyl (C=O) groups excluding carboxylic acids is 1. The quantitative estimate of drug-likeness (QED) is 0.521. The first-order chi connectivity index (χ1) is 17.0. The molecule has 2 atom stereocenters. The Morgan fingerprint density at radius 2 is 2.03 bits per heavy atom. The summed E-state index contributed by atoms with van der Waals surface area (Å²) in [5.74, 6) is 1.25. The summed E-state index contributed by atoms with van der Waals surface area (Å²) in [6.07, 6.45) is 0.